The molecule has 2 saturated heterocycles. The summed E-state index contributed by atoms with van der Waals surface area (Å²) in [4.78, 5) is 11.2. The number of ether oxygens (including phenoxy) is 1. The van der Waals surface area contributed by atoms with E-state index in [1.54, 1.807) is 6.92 Å². The number of hydrogen-bond donors (Lipinski definition) is 1. The Kier molecular flexibility index (Phi) is 1.93. The van der Waals surface area contributed by atoms with Crippen molar-refractivity contribution in [2.24, 2.45) is 11.8 Å². The molecule has 2 fully saturated rings. The highest BCUT2D eigenvalue weighted by molar-refractivity contribution is 5.79. The maximum absolute atomic E-state index is 11.2. The Morgan fingerprint density at radius 3 is 2.67 bits per heavy atom. The molecule has 0 aromatic carbocycles. The smallest absolute Gasteiger partial charge is 0.135 e. The van der Waals surface area contributed by atoms with Crippen LogP contribution in [0.5, 0.6) is 0 Å². The van der Waals surface area contributed by atoms with Gasteiger partial charge in [-0.3, -0.25) is 4.79 Å². The Morgan fingerprint density at radius 2 is 2.17 bits per heavy atom. The van der Waals surface area contributed by atoms with Crippen molar-refractivity contribution >= 4 is 5.78 Å². The maximum atomic E-state index is 11.2. The highest BCUT2D eigenvalue weighted by Crippen LogP contribution is 2.43. The lowest BCUT2D eigenvalue weighted by Crippen LogP contribution is -2.34. The molecule has 0 aliphatic carbocycles. The van der Waals surface area contributed by atoms with Crippen LogP contribution < -0.4 is 0 Å². The van der Waals surface area contributed by atoms with Crippen LogP contribution in [0.1, 0.15) is 19.8 Å². The van der Waals surface area contributed by atoms with Gasteiger partial charge in [0, 0.05) is 12.5 Å². The third kappa shape index (κ3) is 1.00. The normalized spacial score (nSPS) is 45.2. The summed E-state index contributed by atoms with van der Waals surface area (Å²) in [5.74, 6) is 0.205. The number of aliphatic hydroxyl groups excluding tert-OH is 1. The van der Waals surface area contributed by atoms with E-state index in [0.29, 0.717) is 0 Å². The molecule has 12 heavy (non-hydrogen) atoms. The van der Waals surface area contributed by atoms with Gasteiger partial charge >= 0.3 is 0 Å². The number of aliphatic hydroxyl groups is 1. The van der Waals surface area contributed by atoms with Crippen LogP contribution in [0.25, 0.3) is 0 Å². The Hall–Kier alpha value is -0.410. The largest absolute Gasteiger partial charge is 0.396 e. The van der Waals surface area contributed by atoms with Crippen LogP contribution in [0.2, 0.25) is 0 Å². The summed E-state index contributed by atoms with van der Waals surface area (Å²) in [6.45, 7) is 1.68. The zero-order valence-electron chi connectivity index (χ0n) is 7.19. The Labute approximate surface area is 71.7 Å². The summed E-state index contributed by atoms with van der Waals surface area (Å²) in [5.41, 5.74) is 0. The van der Waals surface area contributed by atoms with Gasteiger partial charge in [0.1, 0.15) is 5.78 Å². The van der Waals surface area contributed by atoms with Crippen LogP contribution in [-0.4, -0.2) is 29.7 Å². The molecule has 0 spiro atoms. The van der Waals surface area contributed by atoms with E-state index < -0.39 is 0 Å². The summed E-state index contributed by atoms with van der Waals surface area (Å²) >= 11 is 0. The molecule has 0 amide bonds. The van der Waals surface area contributed by atoms with E-state index in [1.165, 1.54) is 0 Å². The van der Waals surface area contributed by atoms with Crippen molar-refractivity contribution in [3.63, 3.8) is 0 Å². The first kappa shape index (κ1) is 8.20. The topological polar surface area (TPSA) is 46.5 Å². The molecule has 2 rings (SSSR count). The number of hydrogen-bond acceptors (Lipinski definition) is 3. The molecule has 0 saturated carbocycles. The lowest BCUT2D eigenvalue weighted by molar-refractivity contribution is -0.123. The fraction of sp³-hybridized carbons (Fsp3) is 0.889. The predicted octanol–water partition coefficient (Wildman–Crippen LogP) is 0.361. The minimum absolute atomic E-state index is 0.0336. The molecule has 2 bridgehead atoms. The van der Waals surface area contributed by atoms with E-state index in [-0.39, 0.29) is 36.4 Å². The molecular weight excluding hydrogens is 156 g/mol. The second kappa shape index (κ2) is 2.82. The van der Waals surface area contributed by atoms with Crippen LogP contribution in [0.4, 0.5) is 0 Å². The van der Waals surface area contributed by atoms with Crippen LogP contribution in [-0.2, 0) is 9.53 Å². The molecule has 4 unspecified atom stereocenters. The van der Waals surface area contributed by atoms with Gasteiger partial charge in [-0.15, -0.1) is 0 Å². The van der Waals surface area contributed by atoms with Gasteiger partial charge in [0.15, 0.2) is 0 Å². The Bertz CT molecular complexity index is 202. The third-order valence-electron chi connectivity index (χ3n) is 3.10. The van der Waals surface area contributed by atoms with Gasteiger partial charge in [-0.1, -0.05) is 0 Å². The van der Waals surface area contributed by atoms with Crippen LogP contribution >= 0.6 is 0 Å². The monoisotopic (exact) mass is 170 g/mol. The first-order valence-corrected chi connectivity index (χ1v) is 4.51. The minimum atomic E-state index is -0.0336. The van der Waals surface area contributed by atoms with Gasteiger partial charge in [-0.2, -0.15) is 0 Å². The van der Waals surface area contributed by atoms with Gasteiger partial charge < -0.3 is 9.84 Å². The quantitative estimate of drug-likeness (QED) is 0.651. The van der Waals surface area contributed by atoms with Crippen molar-refractivity contribution in [2.75, 3.05) is 6.61 Å². The molecule has 2 heterocycles. The SMILES string of the molecule is CC(=O)C1C2CCC(O2)C1CO. The number of carbonyl (C=O) groups excluding carboxylic acids is 1. The molecular formula is C9H14O3. The highest BCUT2D eigenvalue weighted by atomic mass is 16.5. The summed E-state index contributed by atoms with van der Waals surface area (Å²) in [7, 11) is 0. The lowest BCUT2D eigenvalue weighted by atomic mass is 9.78. The van der Waals surface area contributed by atoms with Gasteiger partial charge in [0.25, 0.3) is 0 Å². The average molecular weight is 170 g/mol. The van der Waals surface area contributed by atoms with Gasteiger partial charge in [0.2, 0.25) is 0 Å². The number of fused-ring (bicyclic) bond motifs is 2. The van der Waals surface area contributed by atoms with E-state index in [4.69, 9.17) is 9.84 Å². The summed E-state index contributed by atoms with van der Waals surface area (Å²) < 4.78 is 5.57. The first-order chi connectivity index (χ1) is 5.74. The lowest BCUT2D eigenvalue weighted by Gasteiger charge is -2.23. The molecule has 4 atom stereocenters. The van der Waals surface area contributed by atoms with Crippen LogP contribution in [0, 0.1) is 11.8 Å². The minimum Gasteiger partial charge on any atom is -0.396 e. The second-order valence-corrected chi connectivity index (χ2v) is 3.77. The standard InChI is InChI=1S/C9H14O3/c1-5(11)9-6(4-10)7-2-3-8(9)12-7/h6-10H,2-4H2,1H3. The first-order valence-electron chi connectivity index (χ1n) is 4.51. The van der Waals surface area contributed by atoms with Gasteiger partial charge in [-0.25, -0.2) is 0 Å². The van der Waals surface area contributed by atoms with E-state index in [9.17, 15) is 4.79 Å². The molecule has 0 aromatic rings. The van der Waals surface area contributed by atoms with Gasteiger partial charge in [-0.05, 0) is 19.8 Å². The predicted molar refractivity (Wildman–Crippen MR) is 42.6 cm³/mol. The van der Waals surface area contributed by atoms with Crippen molar-refractivity contribution in [2.45, 2.75) is 32.0 Å². The number of ketones is 1. The average Bonchev–Trinajstić information content (AvgIpc) is 2.60. The number of Topliss-reactive ketones (excluding diaryl/α,β-unsaturated/α-hetero) is 1. The van der Waals surface area contributed by atoms with Gasteiger partial charge in [0.05, 0.1) is 18.1 Å². The zero-order valence-corrected chi connectivity index (χ0v) is 7.19. The summed E-state index contributed by atoms with van der Waals surface area (Å²) in [6.07, 6.45) is 2.25. The molecule has 1 N–H and O–H groups in total. The number of rotatable bonds is 2. The molecule has 3 nitrogen and oxygen atoms in total. The third-order valence-corrected chi connectivity index (χ3v) is 3.10. The highest BCUT2D eigenvalue weighted by Gasteiger charge is 2.50. The van der Waals surface area contributed by atoms with Crippen molar-refractivity contribution in [1.29, 1.82) is 0 Å². The summed E-state index contributed by atoms with van der Waals surface area (Å²) in [6, 6.07) is 0. The molecule has 0 radical (unpaired) electrons. The maximum Gasteiger partial charge on any atom is 0.135 e. The molecule has 68 valence electrons. The fourth-order valence-corrected chi connectivity index (χ4v) is 2.57. The Morgan fingerprint density at radius 1 is 1.50 bits per heavy atom. The Balaban J connectivity index is 2.16. The van der Waals surface area contributed by atoms with Crippen molar-refractivity contribution in [3.05, 3.63) is 0 Å². The van der Waals surface area contributed by atoms with Crippen molar-refractivity contribution < 1.29 is 14.6 Å². The number of carbonyl (C=O) groups is 1. The van der Waals surface area contributed by atoms with E-state index >= 15 is 0 Å². The van der Waals surface area contributed by atoms with Crippen molar-refractivity contribution in [1.82, 2.24) is 0 Å². The van der Waals surface area contributed by atoms with Crippen molar-refractivity contribution in [3.8, 4) is 0 Å². The van der Waals surface area contributed by atoms with E-state index in [1.807, 2.05) is 0 Å². The second-order valence-electron chi connectivity index (χ2n) is 3.77. The van der Waals surface area contributed by atoms with E-state index in [0.717, 1.165) is 12.8 Å². The molecule has 3 heteroatoms. The molecule has 2 aliphatic rings. The van der Waals surface area contributed by atoms with Crippen LogP contribution in [0.15, 0.2) is 0 Å². The summed E-state index contributed by atoms with van der Waals surface area (Å²) in [5, 5.41) is 9.08. The molecule has 0 aromatic heterocycles. The van der Waals surface area contributed by atoms with Crippen LogP contribution in [0.3, 0.4) is 0 Å². The fourth-order valence-electron chi connectivity index (χ4n) is 2.57. The zero-order chi connectivity index (χ0) is 8.72. The van der Waals surface area contributed by atoms with E-state index in [2.05, 4.69) is 0 Å². The molecule has 2 aliphatic heterocycles.